The number of hydrogen-bond donors (Lipinski definition) is 3. The van der Waals surface area contributed by atoms with Crippen LogP contribution in [0.5, 0.6) is 0 Å². The van der Waals surface area contributed by atoms with Crippen molar-refractivity contribution >= 4 is 5.97 Å². The van der Waals surface area contributed by atoms with Crippen molar-refractivity contribution in [2.45, 2.75) is 18.6 Å². The molecule has 4 heteroatoms. The van der Waals surface area contributed by atoms with Gasteiger partial charge in [0, 0.05) is 0 Å². The summed E-state index contributed by atoms with van der Waals surface area (Å²) in [6.45, 7) is 1.06. The number of benzene rings is 1. The predicted octanol–water partition coefficient (Wildman–Crippen LogP) is 0.556. The van der Waals surface area contributed by atoms with Crippen molar-refractivity contribution < 1.29 is 20.1 Å². The van der Waals surface area contributed by atoms with E-state index in [9.17, 15) is 15.0 Å². The van der Waals surface area contributed by atoms with Crippen molar-refractivity contribution in [2.24, 2.45) is 0 Å². The van der Waals surface area contributed by atoms with Gasteiger partial charge in [0.25, 0.3) is 0 Å². The fourth-order valence-electron chi connectivity index (χ4n) is 1.08. The fraction of sp³-hybridized carbons (Fsp3) is 0.300. The van der Waals surface area contributed by atoms with Gasteiger partial charge in [-0.2, -0.15) is 0 Å². The van der Waals surface area contributed by atoms with Gasteiger partial charge in [0.2, 0.25) is 0 Å². The zero-order valence-corrected chi connectivity index (χ0v) is 7.71. The van der Waals surface area contributed by atoms with E-state index in [1.807, 2.05) is 0 Å². The molecule has 0 saturated carbocycles. The molecule has 0 amide bonds. The van der Waals surface area contributed by atoms with Crippen LogP contribution in [0.4, 0.5) is 0 Å². The zero-order chi connectivity index (χ0) is 10.8. The maximum atomic E-state index is 10.6. The molecular formula is C10H12O4. The van der Waals surface area contributed by atoms with Gasteiger partial charge in [-0.1, -0.05) is 30.3 Å². The van der Waals surface area contributed by atoms with E-state index in [1.165, 1.54) is 0 Å². The summed E-state index contributed by atoms with van der Waals surface area (Å²) in [4.78, 5) is 10.6. The van der Waals surface area contributed by atoms with Crippen LogP contribution in [0, 0.1) is 0 Å². The summed E-state index contributed by atoms with van der Waals surface area (Å²) in [6, 6.07) is 8.18. The van der Waals surface area contributed by atoms with Crippen LogP contribution in [0.15, 0.2) is 30.3 Å². The van der Waals surface area contributed by atoms with Crippen molar-refractivity contribution in [3.05, 3.63) is 35.9 Å². The molecule has 0 aliphatic carbocycles. The van der Waals surface area contributed by atoms with E-state index in [1.54, 1.807) is 30.3 Å². The van der Waals surface area contributed by atoms with E-state index in [0.29, 0.717) is 5.56 Å². The summed E-state index contributed by atoms with van der Waals surface area (Å²) in [5.41, 5.74) is -1.79. The molecule has 0 spiro atoms. The van der Waals surface area contributed by atoms with Crippen molar-refractivity contribution in [3.8, 4) is 0 Å². The number of carboxylic acid groups (broad SMARTS) is 1. The third kappa shape index (κ3) is 1.92. The molecule has 14 heavy (non-hydrogen) atoms. The van der Waals surface area contributed by atoms with Crippen LogP contribution in [0.3, 0.4) is 0 Å². The summed E-state index contributed by atoms with van der Waals surface area (Å²) >= 11 is 0. The molecule has 1 aromatic rings. The molecular weight excluding hydrogens is 184 g/mol. The number of carboxylic acids is 1. The number of hydrogen-bond acceptors (Lipinski definition) is 3. The van der Waals surface area contributed by atoms with Crippen LogP contribution in [-0.2, 0) is 4.79 Å². The molecule has 0 fully saturated rings. The zero-order valence-electron chi connectivity index (χ0n) is 7.71. The van der Waals surface area contributed by atoms with Gasteiger partial charge in [-0.15, -0.1) is 0 Å². The Morgan fingerprint density at radius 2 is 1.86 bits per heavy atom. The molecule has 2 atom stereocenters. The minimum Gasteiger partial charge on any atom is -0.479 e. The third-order valence-electron chi connectivity index (χ3n) is 2.08. The van der Waals surface area contributed by atoms with Gasteiger partial charge in [0.1, 0.15) is 6.10 Å². The first kappa shape index (κ1) is 10.7. The Labute approximate surface area is 81.4 Å². The van der Waals surface area contributed by atoms with Crippen molar-refractivity contribution in [2.75, 3.05) is 0 Å². The second kappa shape index (κ2) is 3.77. The Kier molecular flexibility index (Phi) is 2.88. The second-order valence-electron chi connectivity index (χ2n) is 3.27. The summed E-state index contributed by atoms with van der Waals surface area (Å²) in [7, 11) is 0. The highest BCUT2D eigenvalue weighted by Gasteiger charge is 2.39. The lowest BCUT2D eigenvalue weighted by Crippen LogP contribution is -2.41. The van der Waals surface area contributed by atoms with Crippen molar-refractivity contribution in [1.29, 1.82) is 0 Å². The largest absolute Gasteiger partial charge is 0.479 e. The molecule has 0 aliphatic rings. The quantitative estimate of drug-likeness (QED) is 0.660. The van der Waals surface area contributed by atoms with Gasteiger partial charge in [0.15, 0.2) is 5.60 Å². The van der Waals surface area contributed by atoms with Crippen molar-refractivity contribution in [1.82, 2.24) is 0 Å². The average molecular weight is 196 g/mol. The number of rotatable bonds is 3. The first-order valence-electron chi connectivity index (χ1n) is 4.15. The summed E-state index contributed by atoms with van der Waals surface area (Å²) < 4.78 is 0. The maximum absolute atomic E-state index is 10.6. The van der Waals surface area contributed by atoms with E-state index in [4.69, 9.17) is 5.11 Å². The normalized spacial score (nSPS) is 17.1. The van der Waals surface area contributed by atoms with E-state index < -0.39 is 17.7 Å². The molecule has 0 heterocycles. The number of aliphatic carboxylic acids is 1. The van der Waals surface area contributed by atoms with Crippen LogP contribution in [0.2, 0.25) is 0 Å². The molecule has 1 aromatic carbocycles. The Hall–Kier alpha value is -1.39. The highest BCUT2D eigenvalue weighted by atomic mass is 16.4. The van der Waals surface area contributed by atoms with Gasteiger partial charge in [0.05, 0.1) is 0 Å². The summed E-state index contributed by atoms with van der Waals surface area (Å²) in [5.74, 6) is -1.45. The minimum atomic E-state index is -2.17. The van der Waals surface area contributed by atoms with Gasteiger partial charge < -0.3 is 15.3 Å². The van der Waals surface area contributed by atoms with E-state index in [-0.39, 0.29) is 0 Å². The van der Waals surface area contributed by atoms with Gasteiger partial charge in [-0.05, 0) is 12.5 Å². The Morgan fingerprint density at radius 3 is 2.29 bits per heavy atom. The van der Waals surface area contributed by atoms with Crippen LogP contribution >= 0.6 is 0 Å². The topological polar surface area (TPSA) is 77.8 Å². The first-order valence-corrected chi connectivity index (χ1v) is 4.15. The second-order valence-corrected chi connectivity index (χ2v) is 3.27. The molecule has 0 saturated heterocycles. The number of aliphatic hydroxyl groups is 2. The minimum absolute atomic E-state index is 0.375. The molecule has 0 aromatic heterocycles. The molecule has 0 bridgehead atoms. The molecule has 0 aliphatic heterocycles. The number of aliphatic hydroxyl groups excluding tert-OH is 1. The van der Waals surface area contributed by atoms with E-state index in [2.05, 4.69) is 0 Å². The third-order valence-corrected chi connectivity index (χ3v) is 2.08. The highest BCUT2D eigenvalue weighted by Crippen LogP contribution is 2.25. The summed E-state index contributed by atoms with van der Waals surface area (Å²) in [5, 5.41) is 27.7. The fourth-order valence-corrected chi connectivity index (χ4v) is 1.08. The lowest BCUT2D eigenvalue weighted by atomic mass is 9.93. The van der Waals surface area contributed by atoms with Gasteiger partial charge in [-0.3, -0.25) is 0 Å². The van der Waals surface area contributed by atoms with Crippen molar-refractivity contribution in [3.63, 3.8) is 0 Å². The molecule has 0 radical (unpaired) electrons. The highest BCUT2D eigenvalue weighted by molar-refractivity contribution is 5.77. The van der Waals surface area contributed by atoms with Gasteiger partial charge in [-0.25, -0.2) is 4.79 Å². The molecule has 4 nitrogen and oxygen atoms in total. The first-order chi connectivity index (χ1) is 6.46. The van der Waals surface area contributed by atoms with Gasteiger partial charge >= 0.3 is 5.97 Å². The lowest BCUT2D eigenvalue weighted by Gasteiger charge is -2.24. The van der Waals surface area contributed by atoms with E-state index >= 15 is 0 Å². The molecule has 1 rings (SSSR count). The standard InChI is InChI=1S/C10H12O4/c1-10(14,9(12)13)8(11)7-5-3-2-4-6-7/h2-6,8,11,14H,1H3,(H,12,13)/t8-,10+/m1/s1. The molecule has 0 unspecified atom stereocenters. The predicted molar refractivity (Wildman–Crippen MR) is 49.7 cm³/mol. The Morgan fingerprint density at radius 1 is 1.36 bits per heavy atom. The SMILES string of the molecule is C[C@@](O)(C(=O)O)[C@H](O)c1ccccc1. The van der Waals surface area contributed by atoms with Crippen LogP contribution in [-0.4, -0.2) is 26.9 Å². The smallest absolute Gasteiger partial charge is 0.338 e. The average Bonchev–Trinajstić information content (AvgIpc) is 2.17. The monoisotopic (exact) mass is 196 g/mol. The molecule has 76 valence electrons. The lowest BCUT2D eigenvalue weighted by molar-refractivity contribution is -0.169. The number of carbonyl (C=O) groups is 1. The Bertz CT molecular complexity index is 318. The van der Waals surface area contributed by atoms with Crippen LogP contribution < -0.4 is 0 Å². The maximum Gasteiger partial charge on any atom is 0.338 e. The van der Waals surface area contributed by atoms with Crippen LogP contribution in [0.25, 0.3) is 0 Å². The molecule has 3 N–H and O–H groups in total. The van der Waals surface area contributed by atoms with Crippen LogP contribution in [0.1, 0.15) is 18.6 Å². The van der Waals surface area contributed by atoms with E-state index in [0.717, 1.165) is 6.92 Å². The Balaban J connectivity index is 2.96. The summed E-state index contributed by atoms with van der Waals surface area (Å²) in [6.07, 6.45) is -1.43.